The third-order valence-electron chi connectivity index (χ3n) is 8.75. The van der Waals surface area contributed by atoms with Crippen LogP contribution >= 0.6 is 11.3 Å². The van der Waals surface area contributed by atoms with Gasteiger partial charge >= 0.3 is 0 Å². The smallest absolute Gasteiger partial charge is 0.174 e. The minimum Gasteiger partial charge on any atom is -0.208 e. The van der Waals surface area contributed by atoms with E-state index in [9.17, 15) is 0 Å². The summed E-state index contributed by atoms with van der Waals surface area (Å²) in [7, 11) is 0. The molecule has 2 aromatic heterocycles. The summed E-state index contributed by atoms with van der Waals surface area (Å²) in [5.41, 5.74) is 6.62. The van der Waals surface area contributed by atoms with Crippen molar-refractivity contribution in [3.63, 3.8) is 0 Å². The van der Waals surface area contributed by atoms with Gasteiger partial charge in [0.05, 0.1) is 4.88 Å². The number of fused-ring (bicyclic) bond motifs is 4. The van der Waals surface area contributed by atoms with Crippen LogP contribution in [0, 0.1) is 0 Å². The fourth-order valence-corrected chi connectivity index (χ4v) is 7.37. The summed E-state index contributed by atoms with van der Waals surface area (Å²) in [4.78, 5) is 16.1. The maximum absolute atomic E-state index is 5.04. The van der Waals surface area contributed by atoms with Crippen LogP contribution in [0.2, 0.25) is 0 Å². The molecule has 9 aromatic rings. The van der Waals surface area contributed by atoms with Crippen molar-refractivity contribution in [2.24, 2.45) is 0 Å². The summed E-state index contributed by atoms with van der Waals surface area (Å²) in [6.07, 6.45) is 0. The van der Waals surface area contributed by atoms with E-state index in [0.717, 1.165) is 27.1 Å². The molecule has 0 bridgehead atoms. The topological polar surface area (TPSA) is 38.7 Å². The molecule has 0 saturated heterocycles. The first-order valence-corrected chi connectivity index (χ1v) is 16.5. The molecule has 9 rings (SSSR count). The van der Waals surface area contributed by atoms with Crippen molar-refractivity contribution in [1.29, 1.82) is 0 Å². The molecule has 3 nitrogen and oxygen atoms in total. The molecule has 0 radical (unpaired) electrons. The zero-order valence-corrected chi connectivity index (χ0v) is 26.2. The van der Waals surface area contributed by atoms with E-state index in [1.807, 2.05) is 6.07 Å². The van der Waals surface area contributed by atoms with Crippen LogP contribution in [-0.4, -0.2) is 15.0 Å². The van der Waals surface area contributed by atoms with Gasteiger partial charge in [-0.05, 0) is 67.4 Å². The molecule has 0 aliphatic rings. The van der Waals surface area contributed by atoms with E-state index in [0.29, 0.717) is 17.5 Å². The molecule has 0 aliphatic heterocycles. The average Bonchev–Trinajstić information content (AvgIpc) is 3.60. The lowest BCUT2D eigenvalue weighted by Crippen LogP contribution is -1.99. The van der Waals surface area contributed by atoms with E-state index in [4.69, 9.17) is 15.0 Å². The first kappa shape index (κ1) is 27.3. The summed E-state index contributed by atoms with van der Waals surface area (Å²) < 4.78 is 1.21. The highest BCUT2D eigenvalue weighted by atomic mass is 32.1. The van der Waals surface area contributed by atoms with Gasteiger partial charge in [0.1, 0.15) is 0 Å². The second-order valence-electron chi connectivity index (χ2n) is 11.7. The van der Waals surface area contributed by atoms with E-state index in [-0.39, 0.29) is 0 Å². The van der Waals surface area contributed by atoms with Crippen molar-refractivity contribution < 1.29 is 0 Å². The summed E-state index contributed by atoms with van der Waals surface area (Å²) >= 11 is 1.71. The highest BCUT2D eigenvalue weighted by Crippen LogP contribution is 2.37. The fraction of sp³-hybridized carbons (Fsp3) is 0. The Morgan fingerprint density at radius 2 is 0.851 bits per heavy atom. The zero-order chi connectivity index (χ0) is 31.2. The number of benzene rings is 7. The third kappa shape index (κ3) is 5.05. The van der Waals surface area contributed by atoms with Crippen LogP contribution in [-0.2, 0) is 0 Å². The lowest BCUT2D eigenvalue weighted by Gasteiger charge is -2.12. The maximum atomic E-state index is 5.04. The van der Waals surface area contributed by atoms with Gasteiger partial charge in [0.15, 0.2) is 17.5 Å². The monoisotopic (exact) mass is 617 g/mol. The van der Waals surface area contributed by atoms with Gasteiger partial charge in [0.2, 0.25) is 0 Å². The molecule has 0 atom stereocenters. The predicted octanol–water partition coefficient (Wildman–Crippen LogP) is 11.7. The van der Waals surface area contributed by atoms with Crippen LogP contribution in [0.1, 0.15) is 0 Å². The highest BCUT2D eigenvalue weighted by molar-refractivity contribution is 7.22. The second-order valence-corrected chi connectivity index (χ2v) is 12.8. The molecule has 0 N–H and O–H groups in total. The molecule has 0 spiro atoms. The van der Waals surface area contributed by atoms with E-state index in [1.54, 1.807) is 11.3 Å². The maximum Gasteiger partial charge on any atom is 0.174 e. The van der Waals surface area contributed by atoms with Crippen molar-refractivity contribution in [3.8, 4) is 55.7 Å². The molecule has 0 aliphatic carbocycles. The number of nitrogens with zero attached hydrogens (tertiary/aromatic N) is 3. The Labute approximate surface area is 276 Å². The SMILES string of the molecule is c1ccc(-c2ccc(-c3nc(-c4ccc(-c5cc6ccccc6c6ccccc56)cc4)nc(-c4cc5ccccc5s4)n3)cc2)cc1. The lowest BCUT2D eigenvalue weighted by atomic mass is 9.93. The van der Waals surface area contributed by atoms with Crippen molar-refractivity contribution in [2.45, 2.75) is 0 Å². The summed E-state index contributed by atoms with van der Waals surface area (Å²) in [6, 6.07) is 57.7. The Morgan fingerprint density at radius 3 is 1.55 bits per heavy atom. The van der Waals surface area contributed by atoms with Crippen LogP contribution in [0.5, 0.6) is 0 Å². The zero-order valence-electron chi connectivity index (χ0n) is 25.3. The van der Waals surface area contributed by atoms with Gasteiger partial charge in [-0.15, -0.1) is 11.3 Å². The molecule has 47 heavy (non-hydrogen) atoms. The Morgan fingerprint density at radius 1 is 0.340 bits per heavy atom. The molecule has 0 unspecified atom stereocenters. The number of aromatic nitrogens is 3. The molecule has 0 amide bonds. The first-order valence-electron chi connectivity index (χ1n) is 15.7. The Hall–Kier alpha value is -5.97. The molecule has 0 fully saturated rings. The van der Waals surface area contributed by atoms with E-state index < -0.39 is 0 Å². The minimum absolute atomic E-state index is 0.657. The number of rotatable bonds is 5. The number of thiophene rings is 1. The van der Waals surface area contributed by atoms with Gasteiger partial charge in [0.25, 0.3) is 0 Å². The van der Waals surface area contributed by atoms with Gasteiger partial charge in [0, 0.05) is 15.8 Å². The largest absolute Gasteiger partial charge is 0.208 e. The summed E-state index contributed by atoms with van der Waals surface area (Å²) in [6.45, 7) is 0. The summed E-state index contributed by atoms with van der Waals surface area (Å²) in [5, 5.41) is 6.20. The molecule has 0 saturated carbocycles. The quantitative estimate of drug-likeness (QED) is 0.180. The van der Waals surface area contributed by atoms with E-state index >= 15 is 0 Å². The molecule has 7 aromatic carbocycles. The Balaban J connectivity index is 1.15. The molecule has 220 valence electrons. The minimum atomic E-state index is 0.657. The average molecular weight is 618 g/mol. The number of hydrogen-bond donors (Lipinski definition) is 0. The normalized spacial score (nSPS) is 11.4. The van der Waals surface area contributed by atoms with Gasteiger partial charge in [-0.2, -0.15) is 0 Å². The van der Waals surface area contributed by atoms with E-state index in [2.05, 4.69) is 158 Å². The van der Waals surface area contributed by atoms with E-state index in [1.165, 1.54) is 42.8 Å². The Bertz CT molecular complexity index is 2520. The van der Waals surface area contributed by atoms with Crippen molar-refractivity contribution in [1.82, 2.24) is 15.0 Å². The standard InChI is InChI=1S/C43H27N3S/c1-2-10-28(11-3-1)29-18-22-31(23-19-29)41-44-42(46-43(45-41)40-27-34-13-5-9-17-39(34)47-40)32-24-20-30(21-25-32)38-26-33-12-4-6-14-35(33)36-15-7-8-16-37(36)38/h1-27H. The second kappa shape index (κ2) is 11.4. The number of hydrogen-bond acceptors (Lipinski definition) is 4. The van der Waals surface area contributed by atoms with Crippen LogP contribution in [0.3, 0.4) is 0 Å². The highest BCUT2D eigenvalue weighted by Gasteiger charge is 2.15. The summed E-state index contributed by atoms with van der Waals surface area (Å²) in [5.74, 6) is 2.00. The molecular weight excluding hydrogens is 591 g/mol. The van der Waals surface area contributed by atoms with Crippen LogP contribution in [0.15, 0.2) is 164 Å². The fourth-order valence-electron chi connectivity index (χ4n) is 6.37. The van der Waals surface area contributed by atoms with Crippen LogP contribution < -0.4 is 0 Å². The van der Waals surface area contributed by atoms with Crippen LogP contribution in [0.4, 0.5) is 0 Å². The predicted molar refractivity (Wildman–Crippen MR) is 197 cm³/mol. The molecule has 4 heteroatoms. The molecular formula is C43H27N3S. The Kier molecular flexibility index (Phi) is 6.65. The lowest BCUT2D eigenvalue weighted by molar-refractivity contribution is 1.08. The van der Waals surface area contributed by atoms with Gasteiger partial charge < -0.3 is 0 Å². The van der Waals surface area contributed by atoms with Crippen LogP contribution in [0.25, 0.3) is 87.4 Å². The van der Waals surface area contributed by atoms with Crippen molar-refractivity contribution in [2.75, 3.05) is 0 Å². The van der Waals surface area contributed by atoms with Gasteiger partial charge in [-0.25, -0.2) is 15.0 Å². The van der Waals surface area contributed by atoms with Crippen molar-refractivity contribution >= 4 is 43.0 Å². The van der Waals surface area contributed by atoms with Crippen molar-refractivity contribution in [3.05, 3.63) is 164 Å². The van der Waals surface area contributed by atoms with Gasteiger partial charge in [-0.1, -0.05) is 146 Å². The third-order valence-corrected chi connectivity index (χ3v) is 9.87. The first-order chi connectivity index (χ1) is 23.3. The van der Waals surface area contributed by atoms with Gasteiger partial charge in [-0.3, -0.25) is 0 Å². The molecule has 2 heterocycles.